The van der Waals surface area contributed by atoms with Gasteiger partial charge in [-0.25, -0.2) is 0 Å². The Kier molecular flexibility index (Phi) is 10.0. The zero-order chi connectivity index (χ0) is 46.0. The number of fused-ring (bicyclic) bond motifs is 8. The largest absolute Gasteiger partial charge is 0.311 e. The van der Waals surface area contributed by atoms with E-state index in [4.69, 9.17) is 0 Å². The molecule has 2 aliphatic rings. The molecule has 0 spiro atoms. The van der Waals surface area contributed by atoms with Crippen molar-refractivity contribution >= 4 is 44.9 Å². The second kappa shape index (κ2) is 16.4. The van der Waals surface area contributed by atoms with Crippen LogP contribution >= 0.6 is 0 Å². The minimum Gasteiger partial charge on any atom is -0.311 e. The Labute approximate surface area is 401 Å². The molecule has 2 aliphatic carbocycles. The predicted octanol–water partition coefficient (Wildman–Crippen LogP) is 17.8. The van der Waals surface area contributed by atoms with Crippen molar-refractivity contribution in [2.24, 2.45) is 0 Å². The highest BCUT2D eigenvalue weighted by molar-refractivity contribution is 6.03. The van der Waals surface area contributed by atoms with Gasteiger partial charge in [0, 0.05) is 50.9 Å². The molecule has 10 aromatic carbocycles. The van der Waals surface area contributed by atoms with Crippen molar-refractivity contribution in [3.63, 3.8) is 0 Å². The van der Waals surface area contributed by atoms with E-state index in [9.17, 15) is 0 Å². The van der Waals surface area contributed by atoms with Gasteiger partial charge in [0.15, 0.2) is 0 Å². The van der Waals surface area contributed by atoms with Gasteiger partial charge in [0.2, 0.25) is 0 Å². The Morgan fingerprint density at radius 1 is 0.338 bits per heavy atom. The standard InChI is InChI=1S/C66H54N2/c1-65(2)60-40-34-46-19-17-18-28-55(46)64(60)59-44-62-58(43-63(59)65)56-39-33-48(42-61(56)66(62,3)4)57(47-31-37-54(38-32-47)68(51-24-13-7-14-25-51)52-26-15-8-16-27-52)41-45-29-35-53(36-30-45)67(49-20-9-5-10-21-49)50-22-11-6-12-23-50/h5-40,42-44,57H,41H2,1-4H3. The normalized spacial score (nSPS) is 14.1. The second-order valence-corrected chi connectivity index (χ2v) is 19.7. The summed E-state index contributed by atoms with van der Waals surface area (Å²) < 4.78 is 0. The summed E-state index contributed by atoms with van der Waals surface area (Å²) in [6.07, 6.45) is 0.857. The van der Waals surface area contributed by atoms with Gasteiger partial charge in [0.05, 0.1) is 0 Å². The lowest BCUT2D eigenvalue weighted by Gasteiger charge is -2.27. The second-order valence-electron chi connectivity index (χ2n) is 19.7. The van der Waals surface area contributed by atoms with Crippen LogP contribution in [0.25, 0.3) is 33.0 Å². The molecule has 2 nitrogen and oxygen atoms in total. The molecule has 0 heterocycles. The molecule has 0 saturated carbocycles. The zero-order valence-corrected chi connectivity index (χ0v) is 39.2. The first-order valence-electron chi connectivity index (χ1n) is 24.1. The number of para-hydroxylation sites is 4. The number of rotatable bonds is 10. The number of nitrogens with zero attached hydrogens (tertiary/aromatic N) is 2. The first kappa shape index (κ1) is 41.5. The van der Waals surface area contributed by atoms with Gasteiger partial charge in [-0.05, 0) is 163 Å². The highest BCUT2D eigenvalue weighted by Gasteiger charge is 2.42. The summed E-state index contributed by atoms with van der Waals surface area (Å²) in [5.41, 5.74) is 21.7. The number of hydrogen-bond donors (Lipinski definition) is 0. The van der Waals surface area contributed by atoms with E-state index in [1.54, 1.807) is 0 Å². The molecule has 10 aromatic rings. The topological polar surface area (TPSA) is 6.48 Å². The van der Waals surface area contributed by atoms with Gasteiger partial charge in [-0.2, -0.15) is 0 Å². The zero-order valence-electron chi connectivity index (χ0n) is 39.2. The van der Waals surface area contributed by atoms with E-state index in [1.807, 2.05) is 0 Å². The predicted molar refractivity (Wildman–Crippen MR) is 287 cm³/mol. The summed E-state index contributed by atoms with van der Waals surface area (Å²) in [4.78, 5) is 4.68. The van der Waals surface area contributed by atoms with Crippen LogP contribution in [0.5, 0.6) is 0 Å². The van der Waals surface area contributed by atoms with Crippen molar-refractivity contribution < 1.29 is 0 Å². The fourth-order valence-electron chi connectivity index (χ4n) is 11.5. The van der Waals surface area contributed by atoms with E-state index in [-0.39, 0.29) is 16.7 Å². The van der Waals surface area contributed by atoms with E-state index >= 15 is 0 Å². The lowest BCUT2D eigenvalue weighted by Crippen LogP contribution is -2.17. The highest BCUT2D eigenvalue weighted by Crippen LogP contribution is 2.57. The molecule has 0 aliphatic heterocycles. The lowest BCUT2D eigenvalue weighted by atomic mass is 9.78. The quantitative estimate of drug-likeness (QED) is 0.135. The summed E-state index contributed by atoms with van der Waals surface area (Å²) in [6, 6.07) is 87.4. The average Bonchev–Trinajstić information content (AvgIpc) is 3.75. The summed E-state index contributed by atoms with van der Waals surface area (Å²) in [5, 5.41) is 2.65. The highest BCUT2D eigenvalue weighted by atomic mass is 15.1. The third-order valence-corrected chi connectivity index (χ3v) is 15.0. The van der Waals surface area contributed by atoms with Gasteiger partial charge in [0.1, 0.15) is 0 Å². The summed E-state index contributed by atoms with van der Waals surface area (Å²) in [6.45, 7) is 9.69. The Morgan fingerprint density at radius 3 is 1.32 bits per heavy atom. The molecule has 328 valence electrons. The molecular weight excluding hydrogens is 821 g/mol. The number of hydrogen-bond acceptors (Lipinski definition) is 2. The number of anilines is 6. The van der Waals surface area contributed by atoms with Gasteiger partial charge in [-0.15, -0.1) is 0 Å². The molecular formula is C66H54N2. The van der Waals surface area contributed by atoms with Crippen LogP contribution in [0.3, 0.4) is 0 Å². The summed E-state index contributed by atoms with van der Waals surface area (Å²) in [5.74, 6) is 0.114. The first-order chi connectivity index (χ1) is 33.2. The van der Waals surface area contributed by atoms with Crippen LogP contribution in [0.2, 0.25) is 0 Å². The molecule has 0 fully saturated rings. The van der Waals surface area contributed by atoms with Crippen LogP contribution in [0.1, 0.15) is 72.6 Å². The van der Waals surface area contributed by atoms with Crippen LogP contribution in [0.4, 0.5) is 34.1 Å². The van der Waals surface area contributed by atoms with Crippen LogP contribution in [0.15, 0.2) is 237 Å². The molecule has 12 rings (SSSR count). The maximum absolute atomic E-state index is 2.56. The molecule has 0 aromatic heterocycles. The Balaban J connectivity index is 0.950. The maximum Gasteiger partial charge on any atom is 0.0461 e. The first-order valence-corrected chi connectivity index (χ1v) is 24.1. The Bertz CT molecular complexity index is 3370. The molecule has 0 radical (unpaired) electrons. The molecule has 0 amide bonds. The van der Waals surface area contributed by atoms with Crippen molar-refractivity contribution in [2.45, 2.75) is 50.9 Å². The summed E-state index contributed by atoms with van der Waals surface area (Å²) in [7, 11) is 0. The molecule has 68 heavy (non-hydrogen) atoms. The minimum atomic E-state index is -0.187. The average molecular weight is 875 g/mol. The molecule has 0 N–H and O–H groups in total. The van der Waals surface area contributed by atoms with Crippen LogP contribution in [0, 0.1) is 0 Å². The third-order valence-electron chi connectivity index (χ3n) is 15.0. The van der Waals surface area contributed by atoms with Crippen molar-refractivity contribution in [1.29, 1.82) is 0 Å². The van der Waals surface area contributed by atoms with E-state index in [0.29, 0.717) is 0 Å². The van der Waals surface area contributed by atoms with Gasteiger partial charge in [0.25, 0.3) is 0 Å². The van der Waals surface area contributed by atoms with E-state index < -0.39 is 0 Å². The van der Waals surface area contributed by atoms with Crippen LogP contribution < -0.4 is 9.80 Å². The van der Waals surface area contributed by atoms with Crippen LogP contribution in [-0.2, 0) is 17.3 Å². The van der Waals surface area contributed by atoms with E-state index in [1.165, 1.54) is 72.0 Å². The molecule has 2 heteroatoms. The lowest BCUT2D eigenvalue weighted by molar-refractivity contribution is 0.650. The smallest absolute Gasteiger partial charge is 0.0461 e. The van der Waals surface area contributed by atoms with Crippen molar-refractivity contribution in [3.05, 3.63) is 276 Å². The van der Waals surface area contributed by atoms with Crippen LogP contribution in [-0.4, -0.2) is 0 Å². The molecule has 0 saturated heterocycles. The van der Waals surface area contributed by atoms with Gasteiger partial charge in [-0.3, -0.25) is 0 Å². The van der Waals surface area contributed by atoms with Gasteiger partial charge >= 0.3 is 0 Å². The van der Waals surface area contributed by atoms with Gasteiger partial charge < -0.3 is 9.80 Å². The monoisotopic (exact) mass is 874 g/mol. The Morgan fingerprint density at radius 2 is 0.765 bits per heavy atom. The Hall–Kier alpha value is -7.94. The summed E-state index contributed by atoms with van der Waals surface area (Å²) >= 11 is 0. The maximum atomic E-state index is 2.56. The minimum absolute atomic E-state index is 0.0980. The number of benzene rings is 10. The van der Waals surface area contributed by atoms with Crippen molar-refractivity contribution in [1.82, 2.24) is 0 Å². The van der Waals surface area contributed by atoms with Crippen molar-refractivity contribution in [3.8, 4) is 22.3 Å². The fraction of sp³-hybridized carbons (Fsp3) is 0.121. The molecule has 1 atom stereocenters. The fourth-order valence-corrected chi connectivity index (χ4v) is 11.5. The van der Waals surface area contributed by atoms with E-state index in [2.05, 4.69) is 274 Å². The molecule has 1 unspecified atom stereocenters. The molecule has 0 bridgehead atoms. The van der Waals surface area contributed by atoms with E-state index in [0.717, 1.165) is 40.5 Å². The SMILES string of the molecule is CC1(C)c2cc(C(Cc3ccc(N(c4ccccc4)c4ccccc4)cc3)c3ccc(N(c4ccccc4)c4ccccc4)cc3)ccc2-c2cc3c(cc21)-c1c(ccc2ccccc12)C3(C)C. The van der Waals surface area contributed by atoms with Gasteiger partial charge in [-0.1, -0.05) is 179 Å². The third kappa shape index (κ3) is 6.94. The van der Waals surface area contributed by atoms with Crippen molar-refractivity contribution in [2.75, 3.05) is 9.80 Å².